The van der Waals surface area contributed by atoms with E-state index in [1.807, 2.05) is 6.92 Å². The first kappa shape index (κ1) is 12.6. The molecule has 86 valence electrons. The lowest BCUT2D eigenvalue weighted by Crippen LogP contribution is -2.36. The summed E-state index contributed by atoms with van der Waals surface area (Å²) in [5, 5.41) is 0.193. The fourth-order valence-electron chi connectivity index (χ4n) is 0.914. The molecule has 0 fully saturated rings. The summed E-state index contributed by atoms with van der Waals surface area (Å²) in [4.78, 5) is 5.13. The first-order valence-corrected chi connectivity index (χ1v) is 6.92. The van der Waals surface area contributed by atoms with Gasteiger partial charge in [0, 0.05) is 17.6 Å². The summed E-state index contributed by atoms with van der Waals surface area (Å²) in [5.41, 5.74) is 5.30. The van der Waals surface area contributed by atoms with Crippen LogP contribution in [0.3, 0.4) is 0 Å². The van der Waals surface area contributed by atoms with Gasteiger partial charge in [-0.05, 0) is 13.8 Å². The molecule has 7 heteroatoms. The zero-order valence-corrected chi connectivity index (χ0v) is 10.4. The van der Waals surface area contributed by atoms with Crippen LogP contribution in [0.4, 0.5) is 0 Å². The molecule has 0 aliphatic heterocycles. The van der Waals surface area contributed by atoms with E-state index >= 15 is 0 Å². The van der Waals surface area contributed by atoms with Crippen molar-refractivity contribution in [3.05, 3.63) is 16.1 Å². The number of nitrogens with zero attached hydrogens (tertiary/aromatic N) is 1. The SMILES string of the molecule is Cc1cnc(CNS(=O)(=O)C(C)CN)s1. The van der Waals surface area contributed by atoms with Crippen LogP contribution in [0, 0.1) is 6.92 Å². The third kappa shape index (κ3) is 3.53. The average molecular weight is 249 g/mol. The van der Waals surface area contributed by atoms with E-state index in [0.717, 1.165) is 9.88 Å². The van der Waals surface area contributed by atoms with Gasteiger partial charge in [-0.2, -0.15) is 0 Å². The van der Waals surface area contributed by atoms with Crippen LogP contribution in [0.15, 0.2) is 6.20 Å². The number of sulfonamides is 1. The molecule has 15 heavy (non-hydrogen) atoms. The third-order valence-corrected chi connectivity index (χ3v) is 4.67. The summed E-state index contributed by atoms with van der Waals surface area (Å²) in [6.07, 6.45) is 1.72. The molecule has 1 aromatic heterocycles. The number of thiazole rings is 1. The van der Waals surface area contributed by atoms with Crippen LogP contribution < -0.4 is 10.5 Å². The Morgan fingerprint density at radius 1 is 1.67 bits per heavy atom. The number of nitrogens with two attached hydrogens (primary N) is 1. The second-order valence-electron chi connectivity index (χ2n) is 3.28. The molecule has 3 N–H and O–H groups in total. The highest BCUT2D eigenvalue weighted by atomic mass is 32.2. The fourth-order valence-corrected chi connectivity index (χ4v) is 2.61. The lowest BCUT2D eigenvalue weighted by atomic mass is 10.5. The summed E-state index contributed by atoms with van der Waals surface area (Å²) in [5.74, 6) is 0. The summed E-state index contributed by atoms with van der Waals surface area (Å²) in [6.45, 7) is 3.87. The van der Waals surface area contributed by atoms with Gasteiger partial charge in [-0.15, -0.1) is 11.3 Å². The number of aromatic nitrogens is 1. The predicted octanol–water partition coefficient (Wildman–Crippen LogP) is 0.218. The summed E-state index contributed by atoms with van der Waals surface area (Å²) in [6, 6.07) is 0. The minimum atomic E-state index is -3.31. The van der Waals surface area contributed by atoms with Crippen LogP contribution in [0.2, 0.25) is 0 Å². The van der Waals surface area contributed by atoms with E-state index < -0.39 is 15.3 Å². The maximum absolute atomic E-state index is 11.5. The van der Waals surface area contributed by atoms with E-state index in [-0.39, 0.29) is 13.1 Å². The molecular weight excluding hydrogens is 234 g/mol. The van der Waals surface area contributed by atoms with Gasteiger partial charge in [-0.1, -0.05) is 0 Å². The maximum atomic E-state index is 11.5. The molecule has 5 nitrogen and oxygen atoms in total. The smallest absolute Gasteiger partial charge is 0.215 e. The van der Waals surface area contributed by atoms with E-state index in [0.29, 0.717) is 0 Å². The van der Waals surface area contributed by atoms with Gasteiger partial charge in [0.25, 0.3) is 0 Å². The topological polar surface area (TPSA) is 85.1 Å². The Balaban J connectivity index is 2.57. The number of hydrogen-bond acceptors (Lipinski definition) is 5. The molecule has 1 atom stereocenters. The lowest BCUT2D eigenvalue weighted by molar-refractivity contribution is 0.568. The Kier molecular flexibility index (Phi) is 4.21. The van der Waals surface area contributed by atoms with Crippen molar-refractivity contribution in [2.45, 2.75) is 25.6 Å². The highest BCUT2D eigenvalue weighted by Gasteiger charge is 2.18. The first-order chi connectivity index (χ1) is 6.95. The molecule has 0 saturated heterocycles. The second kappa shape index (κ2) is 5.02. The minimum absolute atomic E-state index is 0.117. The molecule has 0 bridgehead atoms. The lowest BCUT2D eigenvalue weighted by Gasteiger charge is -2.10. The molecule has 0 spiro atoms. The number of hydrogen-bond donors (Lipinski definition) is 2. The largest absolute Gasteiger partial charge is 0.329 e. The molecule has 1 heterocycles. The van der Waals surface area contributed by atoms with E-state index in [2.05, 4.69) is 9.71 Å². The normalized spacial score (nSPS) is 14.1. The van der Waals surface area contributed by atoms with Crippen LogP contribution in [0.5, 0.6) is 0 Å². The number of rotatable bonds is 5. The molecule has 1 aromatic rings. The van der Waals surface area contributed by atoms with Crippen molar-refractivity contribution in [1.82, 2.24) is 9.71 Å². The summed E-state index contributed by atoms with van der Waals surface area (Å²) < 4.78 is 25.5. The Morgan fingerprint density at radius 2 is 2.33 bits per heavy atom. The quantitative estimate of drug-likeness (QED) is 0.781. The van der Waals surface area contributed by atoms with Crippen LogP contribution in [0.25, 0.3) is 0 Å². The molecule has 1 rings (SSSR count). The van der Waals surface area contributed by atoms with Crippen molar-refractivity contribution < 1.29 is 8.42 Å². The zero-order valence-electron chi connectivity index (χ0n) is 8.73. The van der Waals surface area contributed by atoms with Gasteiger partial charge in [-0.25, -0.2) is 18.1 Å². The van der Waals surface area contributed by atoms with Gasteiger partial charge < -0.3 is 5.73 Å². The second-order valence-corrected chi connectivity index (χ2v) is 6.78. The van der Waals surface area contributed by atoms with Gasteiger partial charge in [0.15, 0.2) is 0 Å². The number of aryl methyl sites for hydroxylation is 1. The van der Waals surface area contributed by atoms with Crippen LogP contribution in [0.1, 0.15) is 16.8 Å². The standard InChI is InChI=1S/C8H15N3O2S2/c1-6-4-10-8(14-6)5-11-15(12,13)7(2)3-9/h4,7,11H,3,5,9H2,1-2H3. The minimum Gasteiger partial charge on any atom is -0.329 e. The van der Waals surface area contributed by atoms with Crippen LogP contribution in [-0.2, 0) is 16.6 Å². The van der Waals surface area contributed by atoms with Crippen molar-refractivity contribution in [3.63, 3.8) is 0 Å². The summed E-state index contributed by atoms with van der Waals surface area (Å²) >= 11 is 1.48. The molecule has 0 amide bonds. The molecule has 0 aliphatic rings. The van der Waals surface area contributed by atoms with E-state index in [1.54, 1.807) is 13.1 Å². The highest BCUT2D eigenvalue weighted by molar-refractivity contribution is 7.90. The van der Waals surface area contributed by atoms with E-state index in [9.17, 15) is 8.42 Å². The predicted molar refractivity (Wildman–Crippen MR) is 61.1 cm³/mol. The zero-order chi connectivity index (χ0) is 11.5. The summed E-state index contributed by atoms with van der Waals surface area (Å²) in [7, 11) is -3.31. The van der Waals surface area contributed by atoms with Crippen molar-refractivity contribution in [2.24, 2.45) is 5.73 Å². The Morgan fingerprint density at radius 3 is 2.80 bits per heavy atom. The van der Waals surface area contributed by atoms with Gasteiger partial charge >= 0.3 is 0 Å². The first-order valence-electron chi connectivity index (χ1n) is 4.55. The maximum Gasteiger partial charge on any atom is 0.215 e. The van der Waals surface area contributed by atoms with Crippen molar-refractivity contribution in [3.8, 4) is 0 Å². The Labute approximate surface area is 93.8 Å². The molecule has 0 saturated carbocycles. The van der Waals surface area contributed by atoms with Crippen molar-refractivity contribution in [1.29, 1.82) is 0 Å². The monoisotopic (exact) mass is 249 g/mol. The van der Waals surface area contributed by atoms with Crippen molar-refractivity contribution >= 4 is 21.4 Å². The third-order valence-electron chi connectivity index (χ3n) is 1.96. The van der Waals surface area contributed by atoms with Crippen LogP contribution >= 0.6 is 11.3 Å². The molecule has 1 unspecified atom stereocenters. The van der Waals surface area contributed by atoms with E-state index in [1.165, 1.54) is 11.3 Å². The van der Waals surface area contributed by atoms with Gasteiger partial charge in [0.05, 0.1) is 11.8 Å². The van der Waals surface area contributed by atoms with Crippen molar-refractivity contribution in [2.75, 3.05) is 6.54 Å². The van der Waals surface area contributed by atoms with Crippen LogP contribution in [-0.4, -0.2) is 25.2 Å². The Hall–Kier alpha value is -0.500. The molecule has 0 aromatic carbocycles. The molecule has 0 aliphatic carbocycles. The Bertz CT molecular complexity index is 413. The molecular formula is C8H15N3O2S2. The fraction of sp³-hybridized carbons (Fsp3) is 0.625. The highest BCUT2D eigenvalue weighted by Crippen LogP contribution is 2.11. The average Bonchev–Trinajstić information content (AvgIpc) is 2.60. The molecule has 0 radical (unpaired) electrons. The van der Waals surface area contributed by atoms with E-state index in [4.69, 9.17) is 5.73 Å². The van der Waals surface area contributed by atoms with Gasteiger partial charge in [0.2, 0.25) is 10.0 Å². The number of nitrogens with one attached hydrogen (secondary N) is 1. The van der Waals surface area contributed by atoms with Gasteiger partial charge in [-0.3, -0.25) is 0 Å². The van der Waals surface area contributed by atoms with Gasteiger partial charge in [0.1, 0.15) is 5.01 Å².